The molecule has 2 N–H and O–H groups in total. The molecule has 3 rings (SSSR count). The van der Waals surface area contributed by atoms with Gasteiger partial charge in [0.1, 0.15) is 0 Å². The molecule has 2 aliphatic rings. The van der Waals surface area contributed by atoms with Crippen LogP contribution in [-0.4, -0.2) is 50.3 Å². The zero-order valence-electron chi connectivity index (χ0n) is 14.3. The first-order valence-electron chi connectivity index (χ1n) is 8.25. The zero-order valence-corrected chi connectivity index (χ0v) is 15.2. The number of nitrogens with zero attached hydrogens (tertiary/aromatic N) is 1. The van der Waals surface area contributed by atoms with Crippen molar-refractivity contribution < 1.29 is 9.53 Å². The number of hydrogen-bond acceptors (Lipinski definition) is 4. The lowest BCUT2D eigenvalue weighted by Crippen LogP contribution is -2.67. The molecule has 1 aliphatic carbocycles. The predicted molar refractivity (Wildman–Crippen MR) is 92.7 cm³/mol. The second-order valence-corrected chi connectivity index (χ2v) is 8.21. The van der Waals surface area contributed by atoms with Crippen LogP contribution in [0.1, 0.15) is 31.9 Å². The van der Waals surface area contributed by atoms with E-state index in [1.165, 1.54) is 5.56 Å². The number of carbonyl (C=O) groups is 1. The molecular weight excluding hydrogens is 310 g/mol. The van der Waals surface area contributed by atoms with Crippen LogP contribution in [0.25, 0.3) is 0 Å². The van der Waals surface area contributed by atoms with Gasteiger partial charge in [0.2, 0.25) is 0 Å². The van der Waals surface area contributed by atoms with Crippen molar-refractivity contribution >= 4 is 17.4 Å². The maximum atomic E-state index is 12.3. The lowest BCUT2D eigenvalue weighted by Gasteiger charge is -2.54. The fourth-order valence-electron chi connectivity index (χ4n) is 4.06. The second kappa shape index (κ2) is 6.42. The Morgan fingerprint density at radius 2 is 2.30 bits per heavy atom. The van der Waals surface area contributed by atoms with Gasteiger partial charge in [-0.25, -0.2) is 4.79 Å². The Morgan fingerprint density at radius 1 is 1.52 bits per heavy atom. The largest absolute Gasteiger partial charge is 0.377 e. The number of carbonyl (C=O) groups excluding carboxylic acids is 1. The average Bonchev–Trinajstić information content (AvgIpc) is 3.15. The number of fused-ring (bicyclic) bond motifs is 1. The Balaban J connectivity index is 1.53. The van der Waals surface area contributed by atoms with Crippen molar-refractivity contribution in [1.29, 1.82) is 0 Å². The number of nitrogens with one attached hydrogen (secondary N) is 2. The van der Waals surface area contributed by atoms with Gasteiger partial charge < -0.3 is 20.3 Å². The molecule has 0 radical (unpaired) electrons. The Bertz CT molecular complexity index is 544. The van der Waals surface area contributed by atoms with Gasteiger partial charge in [-0.05, 0) is 42.9 Å². The highest BCUT2D eigenvalue weighted by Gasteiger charge is 2.59. The maximum Gasteiger partial charge on any atom is 0.315 e. The van der Waals surface area contributed by atoms with Gasteiger partial charge in [0.25, 0.3) is 0 Å². The molecule has 2 amide bonds. The van der Waals surface area contributed by atoms with E-state index < -0.39 is 0 Å². The quantitative estimate of drug-likeness (QED) is 0.868. The van der Waals surface area contributed by atoms with Crippen LogP contribution >= 0.6 is 11.3 Å². The van der Waals surface area contributed by atoms with Crippen molar-refractivity contribution in [2.45, 2.75) is 38.5 Å². The molecule has 0 spiro atoms. The Morgan fingerprint density at radius 3 is 2.96 bits per heavy atom. The molecular formula is C17H27N3O2S. The molecule has 1 aromatic heterocycles. The summed E-state index contributed by atoms with van der Waals surface area (Å²) in [6.45, 7) is 5.78. The molecule has 0 aromatic carbocycles. The molecule has 1 saturated heterocycles. The molecule has 0 unspecified atom stereocenters. The number of urea groups is 1. The molecule has 0 bridgehead atoms. The molecule has 1 saturated carbocycles. The Kier molecular flexibility index (Phi) is 4.67. The summed E-state index contributed by atoms with van der Waals surface area (Å²) in [5.74, 6) is 0.470. The van der Waals surface area contributed by atoms with Crippen molar-refractivity contribution in [2.75, 3.05) is 27.2 Å². The Labute approximate surface area is 142 Å². The van der Waals surface area contributed by atoms with Gasteiger partial charge in [-0.2, -0.15) is 11.3 Å². The molecule has 4 atom stereocenters. The minimum absolute atomic E-state index is 0.0206. The standard InChI is InChI=1S/C17H27N3O2S/c1-17(2)14(12-5-7-22-15(12)17)19-16(21)18-9-13(20(3)4)11-6-8-23-10-11/h6,8,10,12-15H,5,7,9H2,1-4H3,(H2,18,19,21)/t12-,13+,14+,15+/m0/s1. The van der Waals surface area contributed by atoms with E-state index in [0.29, 0.717) is 18.6 Å². The number of thiophene rings is 1. The summed E-state index contributed by atoms with van der Waals surface area (Å²) in [6, 6.07) is 2.44. The van der Waals surface area contributed by atoms with Crippen LogP contribution in [0, 0.1) is 11.3 Å². The SMILES string of the molecule is CN(C)[C@H](CNC(=O)N[C@@H]1[C@@H]2CCO[C@H]2C1(C)C)c1ccsc1. The van der Waals surface area contributed by atoms with Crippen molar-refractivity contribution in [3.8, 4) is 0 Å². The van der Waals surface area contributed by atoms with E-state index in [9.17, 15) is 4.79 Å². The van der Waals surface area contributed by atoms with Gasteiger partial charge in [-0.3, -0.25) is 0 Å². The summed E-state index contributed by atoms with van der Waals surface area (Å²) in [5.41, 5.74) is 1.26. The van der Waals surface area contributed by atoms with Gasteiger partial charge in [0.15, 0.2) is 0 Å². The second-order valence-electron chi connectivity index (χ2n) is 7.43. The molecule has 2 fully saturated rings. The predicted octanol–water partition coefficient (Wildman–Crippen LogP) is 2.46. The van der Waals surface area contributed by atoms with Crippen LogP contribution in [0.15, 0.2) is 16.8 Å². The van der Waals surface area contributed by atoms with Crippen LogP contribution in [0.3, 0.4) is 0 Å². The van der Waals surface area contributed by atoms with E-state index >= 15 is 0 Å². The first-order valence-corrected chi connectivity index (χ1v) is 9.20. The third-order valence-electron chi connectivity index (χ3n) is 5.39. The fraction of sp³-hybridized carbons (Fsp3) is 0.706. The van der Waals surface area contributed by atoms with Crippen LogP contribution in [0.4, 0.5) is 4.79 Å². The first kappa shape index (κ1) is 16.7. The van der Waals surface area contributed by atoms with Crippen LogP contribution in [0.2, 0.25) is 0 Å². The van der Waals surface area contributed by atoms with E-state index in [2.05, 4.69) is 46.2 Å². The maximum absolute atomic E-state index is 12.3. The van der Waals surface area contributed by atoms with Crippen molar-refractivity contribution in [3.05, 3.63) is 22.4 Å². The summed E-state index contributed by atoms with van der Waals surface area (Å²) in [5, 5.41) is 10.4. The molecule has 5 nitrogen and oxygen atoms in total. The minimum atomic E-state index is -0.0736. The van der Waals surface area contributed by atoms with E-state index in [0.717, 1.165) is 13.0 Å². The Hall–Kier alpha value is -1.11. The van der Waals surface area contributed by atoms with Crippen molar-refractivity contribution in [1.82, 2.24) is 15.5 Å². The van der Waals surface area contributed by atoms with Crippen molar-refractivity contribution in [3.63, 3.8) is 0 Å². The highest BCUT2D eigenvalue weighted by Crippen LogP contribution is 2.52. The summed E-state index contributed by atoms with van der Waals surface area (Å²) < 4.78 is 5.78. The monoisotopic (exact) mass is 337 g/mol. The van der Waals surface area contributed by atoms with Crippen LogP contribution in [-0.2, 0) is 4.74 Å². The van der Waals surface area contributed by atoms with Gasteiger partial charge in [0.05, 0.1) is 12.1 Å². The van der Waals surface area contributed by atoms with Crippen LogP contribution < -0.4 is 10.6 Å². The van der Waals surface area contributed by atoms with E-state index in [1.807, 2.05) is 14.1 Å². The number of ether oxygens (including phenoxy) is 1. The average molecular weight is 337 g/mol. The molecule has 6 heteroatoms. The van der Waals surface area contributed by atoms with E-state index in [-0.39, 0.29) is 23.5 Å². The van der Waals surface area contributed by atoms with E-state index in [4.69, 9.17) is 4.74 Å². The minimum Gasteiger partial charge on any atom is -0.377 e. The lowest BCUT2D eigenvalue weighted by molar-refractivity contribution is -0.108. The molecule has 2 heterocycles. The van der Waals surface area contributed by atoms with Gasteiger partial charge in [-0.1, -0.05) is 13.8 Å². The zero-order chi connectivity index (χ0) is 16.6. The summed E-state index contributed by atoms with van der Waals surface area (Å²) in [4.78, 5) is 14.5. The highest BCUT2D eigenvalue weighted by atomic mass is 32.1. The fourth-order valence-corrected chi connectivity index (χ4v) is 4.77. The molecule has 1 aliphatic heterocycles. The summed E-state index contributed by atoms with van der Waals surface area (Å²) in [7, 11) is 4.08. The summed E-state index contributed by atoms with van der Waals surface area (Å²) in [6.07, 6.45) is 1.35. The molecule has 128 valence electrons. The number of likely N-dealkylation sites (N-methyl/N-ethyl adjacent to an activating group) is 1. The van der Waals surface area contributed by atoms with Gasteiger partial charge in [0, 0.05) is 30.5 Å². The van der Waals surface area contributed by atoms with Crippen molar-refractivity contribution in [2.24, 2.45) is 11.3 Å². The normalized spacial score (nSPS) is 29.7. The molecule has 1 aromatic rings. The van der Waals surface area contributed by atoms with Crippen LogP contribution in [0.5, 0.6) is 0 Å². The van der Waals surface area contributed by atoms with Gasteiger partial charge in [-0.15, -0.1) is 0 Å². The number of amides is 2. The number of hydrogen-bond donors (Lipinski definition) is 2. The number of rotatable bonds is 5. The third-order valence-corrected chi connectivity index (χ3v) is 6.10. The smallest absolute Gasteiger partial charge is 0.315 e. The summed E-state index contributed by atoms with van der Waals surface area (Å²) >= 11 is 1.68. The third kappa shape index (κ3) is 3.12. The topological polar surface area (TPSA) is 53.6 Å². The van der Waals surface area contributed by atoms with Gasteiger partial charge >= 0.3 is 6.03 Å². The van der Waals surface area contributed by atoms with E-state index in [1.54, 1.807) is 11.3 Å². The molecule has 23 heavy (non-hydrogen) atoms. The lowest BCUT2D eigenvalue weighted by atomic mass is 9.57. The highest BCUT2D eigenvalue weighted by molar-refractivity contribution is 7.07. The first-order chi connectivity index (χ1) is 10.9.